The van der Waals surface area contributed by atoms with Gasteiger partial charge in [0.1, 0.15) is 23.9 Å². The van der Waals surface area contributed by atoms with Gasteiger partial charge >= 0.3 is 0 Å². The van der Waals surface area contributed by atoms with E-state index in [1.54, 1.807) is 31.4 Å². The molecule has 0 saturated heterocycles. The maximum Gasteiger partial charge on any atom is 0.142 e. The molecular formula is C14H13ClFNO2. The maximum absolute atomic E-state index is 12.9. The summed E-state index contributed by atoms with van der Waals surface area (Å²) < 4.78 is 23.5. The summed E-state index contributed by atoms with van der Waals surface area (Å²) in [6, 6.07) is 9.29. The van der Waals surface area contributed by atoms with E-state index in [1.807, 2.05) is 0 Å². The Morgan fingerprint density at radius 2 is 2.00 bits per heavy atom. The van der Waals surface area contributed by atoms with Crippen molar-refractivity contribution in [3.63, 3.8) is 0 Å². The molecule has 0 heterocycles. The molecule has 0 amide bonds. The second kappa shape index (κ2) is 5.80. The van der Waals surface area contributed by atoms with Crippen LogP contribution in [0.5, 0.6) is 11.5 Å². The fourth-order valence-corrected chi connectivity index (χ4v) is 1.80. The lowest BCUT2D eigenvalue weighted by Gasteiger charge is -2.11. The van der Waals surface area contributed by atoms with Crippen LogP contribution < -0.4 is 15.2 Å². The second-order valence-electron chi connectivity index (χ2n) is 3.93. The number of nitrogens with two attached hydrogens (primary N) is 1. The average Bonchev–Trinajstić information content (AvgIpc) is 2.39. The Morgan fingerprint density at radius 1 is 1.21 bits per heavy atom. The van der Waals surface area contributed by atoms with Crippen molar-refractivity contribution in [2.24, 2.45) is 0 Å². The van der Waals surface area contributed by atoms with Gasteiger partial charge in [-0.2, -0.15) is 0 Å². The van der Waals surface area contributed by atoms with E-state index in [0.717, 1.165) is 0 Å². The number of anilines is 1. The van der Waals surface area contributed by atoms with E-state index in [2.05, 4.69) is 0 Å². The van der Waals surface area contributed by atoms with Gasteiger partial charge < -0.3 is 15.2 Å². The van der Waals surface area contributed by atoms with Gasteiger partial charge in [0.15, 0.2) is 0 Å². The predicted octanol–water partition coefficient (Wildman–Crippen LogP) is 3.65. The zero-order valence-corrected chi connectivity index (χ0v) is 11.1. The molecule has 0 aromatic heterocycles. The number of hydrogen-bond donors (Lipinski definition) is 1. The van der Waals surface area contributed by atoms with Gasteiger partial charge in [0.2, 0.25) is 0 Å². The Kier molecular flexibility index (Phi) is 4.12. The molecule has 0 atom stereocenters. The molecule has 2 aromatic carbocycles. The molecule has 0 aliphatic rings. The van der Waals surface area contributed by atoms with Gasteiger partial charge in [0.05, 0.1) is 17.8 Å². The summed E-state index contributed by atoms with van der Waals surface area (Å²) in [5, 5.41) is 0.326. The lowest BCUT2D eigenvalue weighted by Crippen LogP contribution is -2.00. The molecular weight excluding hydrogens is 269 g/mol. The lowest BCUT2D eigenvalue weighted by atomic mass is 10.2. The van der Waals surface area contributed by atoms with Crippen molar-refractivity contribution in [2.75, 3.05) is 12.8 Å². The highest BCUT2D eigenvalue weighted by Gasteiger charge is 2.06. The summed E-state index contributed by atoms with van der Waals surface area (Å²) in [5.41, 5.74) is 6.99. The molecule has 19 heavy (non-hydrogen) atoms. The second-order valence-corrected chi connectivity index (χ2v) is 4.34. The number of halogens is 2. The van der Waals surface area contributed by atoms with Gasteiger partial charge in [-0.1, -0.05) is 17.7 Å². The Bertz CT molecular complexity index is 590. The summed E-state index contributed by atoms with van der Waals surface area (Å²) in [6.45, 7) is 0.218. The number of methoxy groups -OCH3 is 1. The molecule has 3 nitrogen and oxygen atoms in total. The molecule has 2 rings (SSSR count). The van der Waals surface area contributed by atoms with E-state index in [1.165, 1.54) is 12.1 Å². The van der Waals surface area contributed by atoms with Crippen LogP contribution in [-0.4, -0.2) is 7.11 Å². The number of ether oxygens (including phenoxy) is 2. The number of hydrogen-bond acceptors (Lipinski definition) is 3. The summed E-state index contributed by atoms with van der Waals surface area (Å²) in [7, 11) is 1.56. The van der Waals surface area contributed by atoms with Gasteiger partial charge in [0, 0.05) is 11.6 Å². The Labute approximate surface area is 115 Å². The van der Waals surface area contributed by atoms with Crippen molar-refractivity contribution in [3.05, 3.63) is 52.8 Å². The van der Waals surface area contributed by atoms with Crippen LogP contribution in [0.25, 0.3) is 0 Å². The van der Waals surface area contributed by atoms with Crippen LogP contribution in [0.1, 0.15) is 5.56 Å². The summed E-state index contributed by atoms with van der Waals surface area (Å²) in [4.78, 5) is 0. The maximum atomic E-state index is 12.9. The van der Waals surface area contributed by atoms with E-state index in [9.17, 15) is 4.39 Å². The van der Waals surface area contributed by atoms with Gasteiger partial charge in [-0.3, -0.25) is 0 Å². The molecule has 0 aliphatic carbocycles. The van der Waals surface area contributed by atoms with Crippen molar-refractivity contribution in [1.29, 1.82) is 0 Å². The van der Waals surface area contributed by atoms with E-state index >= 15 is 0 Å². The smallest absolute Gasteiger partial charge is 0.142 e. The van der Waals surface area contributed by atoms with E-state index in [0.29, 0.717) is 27.8 Å². The molecule has 0 aliphatic heterocycles. The Morgan fingerprint density at radius 3 is 2.63 bits per heavy atom. The molecule has 0 radical (unpaired) electrons. The Balaban J connectivity index is 2.10. The largest absolute Gasteiger partial charge is 0.497 e. The minimum atomic E-state index is -0.377. The summed E-state index contributed by atoms with van der Waals surface area (Å²) in [5.74, 6) is 0.809. The van der Waals surface area contributed by atoms with E-state index < -0.39 is 0 Å². The highest BCUT2D eigenvalue weighted by atomic mass is 35.5. The molecule has 100 valence electrons. The van der Waals surface area contributed by atoms with Crippen LogP contribution >= 0.6 is 11.6 Å². The quantitative estimate of drug-likeness (QED) is 0.870. The summed E-state index contributed by atoms with van der Waals surface area (Å²) >= 11 is 5.91. The molecule has 5 heteroatoms. The topological polar surface area (TPSA) is 44.5 Å². The fraction of sp³-hybridized carbons (Fsp3) is 0.143. The van der Waals surface area contributed by atoms with Crippen LogP contribution in [0.3, 0.4) is 0 Å². The molecule has 0 spiro atoms. The van der Waals surface area contributed by atoms with Gasteiger partial charge in [0.25, 0.3) is 0 Å². The van der Waals surface area contributed by atoms with Crippen molar-refractivity contribution in [3.8, 4) is 11.5 Å². The van der Waals surface area contributed by atoms with Gasteiger partial charge in [-0.25, -0.2) is 4.39 Å². The van der Waals surface area contributed by atoms with Crippen LogP contribution in [0.2, 0.25) is 5.02 Å². The van der Waals surface area contributed by atoms with Crippen molar-refractivity contribution >= 4 is 17.3 Å². The molecule has 0 saturated carbocycles. The zero-order valence-electron chi connectivity index (χ0n) is 10.3. The first-order chi connectivity index (χ1) is 9.10. The number of rotatable bonds is 4. The van der Waals surface area contributed by atoms with Gasteiger partial charge in [-0.15, -0.1) is 0 Å². The summed E-state index contributed by atoms with van der Waals surface area (Å²) in [6.07, 6.45) is 0. The Hall–Kier alpha value is -1.94. The molecule has 2 aromatic rings. The molecule has 2 N–H and O–H groups in total. The minimum Gasteiger partial charge on any atom is -0.497 e. The lowest BCUT2D eigenvalue weighted by molar-refractivity contribution is 0.307. The first-order valence-electron chi connectivity index (χ1n) is 5.60. The van der Waals surface area contributed by atoms with E-state index in [-0.39, 0.29) is 12.4 Å². The number of benzene rings is 2. The minimum absolute atomic E-state index is 0.218. The predicted molar refractivity (Wildman–Crippen MR) is 73.1 cm³/mol. The standard InChI is InChI=1S/C14H13ClFNO2/c1-18-11-4-5-14(13(17)7-11)19-8-9-2-3-10(16)6-12(9)15/h2-7H,8,17H2,1H3. The van der Waals surface area contributed by atoms with Crippen molar-refractivity contribution in [2.45, 2.75) is 6.61 Å². The zero-order chi connectivity index (χ0) is 13.8. The third-order valence-electron chi connectivity index (χ3n) is 2.62. The van der Waals surface area contributed by atoms with Crippen LogP contribution in [0.15, 0.2) is 36.4 Å². The third-order valence-corrected chi connectivity index (χ3v) is 2.97. The third kappa shape index (κ3) is 3.29. The van der Waals surface area contributed by atoms with Crippen LogP contribution in [0, 0.1) is 5.82 Å². The molecule has 0 unspecified atom stereocenters. The molecule has 0 fully saturated rings. The highest BCUT2D eigenvalue weighted by molar-refractivity contribution is 6.31. The normalized spacial score (nSPS) is 10.3. The van der Waals surface area contributed by atoms with Crippen LogP contribution in [0.4, 0.5) is 10.1 Å². The average molecular weight is 282 g/mol. The molecule has 0 bridgehead atoms. The van der Waals surface area contributed by atoms with Crippen molar-refractivity contribution < 1.29 is 13.9 Å². The monoisotopic (exact) mass is 281 g/mol. The highest BCUT2D eigenvalue weighted by Crippen LogP contribution is 2.28. The van der Waals surface area contributed by atoms with Crippen molar-refractivity contribution in [1.82, 2.24) is 0 Å². The van der Waals surface area contributed by atoms with Gasteiger partial charge in [-0.05, 0) is 24.3 Å². The van der Waals surface area contributed by atoms with E-state index in [4.69, 9.17) is 26.8 Å². The fourth-order valence-electron chi connectivity index (χ4n) is 1.58. The van der Waals surface area contributed by atoms with Crippen LogP contribution in [-0.2, 0) is 6.61 Å². The SMILES string of the molecule is COc1ccc(OCc2ccc(F)cc2Cl)c(N)c1. The number of nitrogen functional groups attached to an aromatic ring is 1. The first kappa shape index (κ1) is 13.5. The first-order valence-corrected chi connectivity index (χ1v) is 5.98.